The van der Waals surface area contributed by atoms with Crippen LogP contribution in [0.1, 0.15) is 17.2 Å². The van der Waals surface area contributed by atoms with E-state index in [-0.39, 0.29) is 5.56 Å². The zero-order chi connectivity index (χ0) is 11.6. The van der Waals surface area contributed by atoms with Gasteiger partial charge in [0.2, 0.25) is 0 Å². The second-order valence-corrected chi connectivity index (χ2v) is 5.85. The van der Waals surface area contributed by atoms with Crippen LogP contribution < -0.4 is 0 Å². The van der Waals surface area contributed by atoms with Gasteiger partial charge in [0.1, 0.15) is 15.7 Å². The fourth-order valence-electron chi connectivity index (χ4n) is 1.34. The second-order valence-electron chi connectivity index (χ2n) is 3.67. The van der Waals surface area contributed by atoms with Gasteiger partial charge in [0.25, 0.3) is 0 Å². The highest BCUT2D eigenvalue weighted by molar-refractivity contribution is 7.90. The number of rotatable bonds is 3. The highest BCUT2D eigenvalue weighted by atomic mass is 32.2. The van der Waals surface area contributed by atoms with Gasteiger partial charge in [-0.25, -0.2) is 12.8 Å². The van der Waals surface area contributed by atoms with Gasteiger partial charge in [-0.15, -0.1) is 0 Å². The van der Waals surface area contributed by atoms with Gasteiger partial charge >= 0.3 is 0 Å². The summed E-state index contributed by atoms with van der Waals surface area (Å²) in [5, 5.41) is 9.56. The Morgan fingerprint density at radius 3 is 2.47 bits per heavy atom. The maximum absolute atomic E-state index is 13.0. The van der Waals surface area contributed by atoms with Crippen molar-refractivity contribution < 1.29 is 17.9 Å². The standard InChI is InChI=1S/C10H13FO3S/c1-7-3-8(5-9(11)4-7)10(12)6-15(2,13)14/h3-5,10,12H,6H2,1-2H3. The lowest BCUT2D eigenvalue weighted by Crippen LogP contribution is -2.13. The van der Waals surface area contributed by atoms with Gasteiger partial charge in [-0.05, 0) is 30.2 Å². The van der Waals surface area contributed by atoms with E-state index in [0.717, 1.165) is 12.3 Å². The average Bonchev–Trinajstić information content (AvgIpc) is 1.98. The summed E-state index contributed by atoms with van der Waals surface area (Å²) < 4.78 is 34.8. The molecule has 0 aliphatic rings. The topological polar surface area (TPSA) is 54.4 Å². The first kappa shape index (κ1) is 12.1. The number of sulfone groups is 1. The summed E-state index contributed by atoms with van der Waals surface area (Å²) in [5.41, 5.74) is 0.940. The van der Waals surface area contributed by atoms with Crippen molar-refractivity contribution in [1.82, 2.24) is 0 Å². The Morgan fingerprint density at radius 1 is 1.40 bits per heavy atom. The summed E-state index contributed by atoms with van der Waals surface area (Å²) >= 11 is 0. The van der Waals surface area contributed by atoms with Crippen LogP contribution in [0, 0.1) is 12.7 Å². The van der Waals surface area contributed by atoms with Gasteiger partial charge in [-0.1, -0.05) is 6.07 Å². The van der Waals surface area contributed by atoms with Crippen molar-refractivity contribution >= 4 is 9.84 Å². The maximum atomic E-state index is 13.0. The minimum Gasteiger partial charge on any atom is -0.387 e. The molecule has 3 nitrogen and oxygen atoms in total. The van der Waals surface area contributed by atoms with Gasteiger partial charge < -0.3 is 5.11 Å². The molecular weight excluding hydrogens is 219 g/mol. The summed E-state index contributed by atoms with van der Waals surface area (Å²) in [6, 6.07) is 4.03. The van der Waals surface area contributed by atoms with E-state index < -0.39 is 27.5 Å². The molecule has 0 amide bonds. The minimum atomic E-state index is -3.27. The number of benzene rings is 1. The van der Waals surface area contributed by atoms with Gasteiger partial charge in [0.15, 0.2) is 0 Å². The molecule has 1 aromatic rings. The molecule has 1 atom stereocenters. The van der Waals surface area contributed by atoms with Crippen molar-refractivity contribution in [3.8, 4) is 0 Å². The Balaban J connectivity index is 2.96. The van der Waals surface area contributed by atoms with Crippen LogP contribution in [0.15, 0.2) is 18.2 Å². The summed E-state index contributed by atoms with van der Waals surface area (Å²) in [4.78, 5) is 0. The lowest BCUT2D eigenvalue weighted by Gasteiger charge is -2.10. The molecule has 1 rings (SSSR count). The summed E-state index contributed by atoms with van der Waals surface area (Å²) in [6.45, 7) is 1.68. The molecule has 0 saturated heterocycles. The van der Waals surface area contributed by atoms with Crippen LogP contribution in [0.5, 0.6) is 0 Å². The molecule has 0 aromatic heterocycles. The molecule has 0 bridgehead atoms. The number of aliphatic hydroxyl groups is 1. The first-order valence-corrected chi connectivity index (χ1v) is 6.47. The number of halogens is 1. The molecule has 1 N–H and O–H groups in total. The highest BCUT2D eigenvalue weighted by Crippen LogP contribution is 2.17. The zero-order valence-corrected chi connectivity index (χ0v) is 9.38. The van der Waals surface area contributed by atoms with Crippen molar-refractivity contribution in [2.45, 2.75) is 13.0 Å². The molecule has 0 aliphatic carbocycles. The molecule has 0 aliphatic heterocycles. The maximum Gasteiger partial charge on any atom is 0.150 e. The predicted octanol–water partition coefficient (Wildman–Crippen LogP) is 1.21. The highest BCUT2D eigenvalue weighted by Gasteiger charge is 2.15. The van der Waals surface area contributed by atoms with Crippen LogP contribution in [-0.4, -0.2) is 25.5 Å². The van der Waals surface area contributed by atoms with E-state index in [2.05, 4.69) is 0 Å². The average molecular weight is 232 g/mol. The first-order chi connectivity index (χ1) is 6.78. The van der Waals surface area contributed by atoms with E-state index in [1.54, 1.807) is 13.0 Å². The van der Waals surface area contributed by atoms with Gasteiger partial charge in [0, 0.05) is 6.26 Å². The van der Waals surface area contributed by atoms with Gasteiger partial charge in [-0.3, -0.25) is 0 Å². The van der Waals surface area contributed by atoms with E-state index in [0.29, 0.717) is 5.56 Å². The molecular formula is C10H13FO3S. The Kier molecular flexibility index (Phi) is 3.46. The third-order valence-electron chi connectivity index (χ3n) is 1.91. The van der Waals surface area contributed by atoms with Gasteiger partial charge in [0.05, 0.1) is 11.9 Å². The molecule has 0 fully saturated rings. The van der Waals surface area contributed by atoms with Crippen LogP contribution >= 0.6 is 0 Å². The lowest BCUT2D eigenvalue weighted by molar-refractivity contribution is 0.201. The molecule has 0 saturated carbocycles. The Morgan fingerprint density at radius 2 is 2.00 bits per heavy atom. The first-order valence-electron chi connectivity index (χ1n) is 4.41. The largest absolute Gasteiger partial charge is 0.387 e. The van der Waals surface area contributed by atoms with Gasteiger partial charge in [-0.2, -0.15) is 0 Å². The molecule has 0 radical (unpaired) electrons. The van der Waals surface area contributed by atoms with Crippen molar-refractivity contribution in [2.24, 2.45) is 0 Å². The van der Waals surface area contributed by atoms with Crippen LogP contribution in [0.2, 0.25) is 0 Å². The summed E-state index contributed by atoms with van der Waals surface area (Å²) in [5.74, 6) is -0.867. The normalized spacial score (nSPS) is 13.9. The SMILES string of the molecule is Cc1cc(F)cc(C(O)CS(C)(=O)=O)c1. The third-order valence-corrected chi connectivity index (χ3v) is 2.83. The van der Waals surface area contributed by atoms with Crippen molar-refractivity contribution in [3.63, 3.8) is 0 Å². The van der Waals surface area contributed by atoms with E-state index in [9.17, 15) is 17.9 Å². The molecule has 0 spiro atoms. The summed E-state index contributed by atoms with van der Waals surface area (Å²) in [6.07, 6.45) is -0.142. The van der Waals surface area contributed by atoms with Crippen LogP contribution in [-0.2, 0) is 9.84 Å². The number of aryl methyl sites for hydroxylation is 1. The van der Waals surface area contributed by atoms with Crippen LogP contribution in [0.3, 0.4) is 0 Å². The van der Waals surface area contributed by atoms with Crippen molar-refractivity contribution in [2.75, 3.05) is 12.0 Å². The number of aliphatic hydroxyl groups excluding tert-OH is 1. The fraction of sp³-hybridized carbons (Fsp3) is 0.400. The van der Waals surface area contributed by atoms with E-state index >= 15 is 0 Å². The lowest BCUT2D eigenvalue weighted by atomic mass is 10.1. The van der Waals surface area contributed by atoms with E-state index in [1.807, 2.05) is 0 Å². The Labute approximate surface area is 88.5 Å². The van der Waals surface area contributed by atoms with Crippen molar-refractivity contribution in [3.05, 3.63) is 35.1 Å². The smallest absolute Gasteiger partial charge is 0.150 e. The zero-order valence-electron chi connectivity index (χ0n) is 8.57. The van der Waals surface area contributed by atoms with Crippen LogP contribution in [0.4, 0.5) is 4.39 Å². The van der Waals surface area contributed by atoms with Crippen molar-refractivity contribution in [1.29, 1.82) is 0 Å². The van der Waals surface area contributed by atoms with Crippen LogP contribution in [0.25, 0.3) is 0 Å². The molecule has 15 heavy (non-hydrogen) atoms. The third kappa shape index (κ3) is 3.97. The fourth-order valence-corrected chi connectivity index (χ4v) is 2.11. The quantitative estimate of drug-likeness (QED) is 0.852. The summed E-state index contributed by atoms with van der Waals surface area (Å²) in [7, 11) is -3.27. The van der Waals surface area contributed by atoms with E-state index in [4.69, 9.17) is 0 Å². The Hall–Kier alpha value is -0.940. The van der Waals surface area contributed by atoms with E-state index in [1.165, 1.54) is 6.07 Å². The molecule has 0 heterocycles. The second kappa shape index (κ2) is 4.28. The molecule has 1 unspecified atom stereocenters. The molecule has 84 valence electrons. The number of hydrogen-bond acceptors (Lipinski definition) is 3. The monoisotopic (exact) mass is 232 g/mol. The minimum absolute atomic E-state index is 0.290. The molecule has 5 heteroatoms. The predicted molar refractivity (Wildman–Crippen MR) is 55.8 cm³/mol. The Bertz CT molecular complexity index is 433. The number of hydrogen-bond donors (Lipinski definition) is 1. The molecule has 1 aromatic carbocycles.